The lowest BCUT2D eigenvalue weighted by atomic mass is 9.76. The van der Waals surface area contributed by atoms with E-state index in [0.717, 1.165) is 0 Å². The number of carbonyl (C=O) groups excluding carboxylic acids is 2. The molecule has 164 valence electrons. The molecule has 0 aromatic heterocycles. The Bertz CT molecular complexity index is 806. The first kappa shape index (κ1) is 21.9. The van der Waals surface area contributed by atoms with Crippen molar-refractivity contribution in [3.63, 3.8) is 0 Å². The van der Waals surface area contributed by atoms with Gasteiger partial charge in [0.2, 0.25) is 11.6 Å². The summed E-state index contributed by atoms with van der Waals surface area (Å²) in [7, 11) is 0. The topological polar surface area (TPSA) is 127 Å². The summed E-state index contributed by atoms with van der Waals surface area (Å²) in [6.07, 6.45) is 1.15. The molecule has 1 saturated heterocycles. The molecule has 0 aromatic rings. The number of piperazine rings is 1. The van der Waals surface area contributed by atoms with Crippen LogP contribution in [0.25, 0.3) is 0 Å². The molecule has 1 fully saturated rings. The molecule has 1 aliphatic heterocycles. The number of rotatable bonds is 4. The van der Waals surface area contributed by atoms with Crippen LogP contribution in [0.1, 0.15) is 53.4 Å². The second-order valence-electron chi connectivity index (χ2n) is 9.96. The lowest BCUT2D eigenvalue weighted by Gasteiger charge is -2.43. The number of hydrogen-bond donors (Lipinski definition) is 0. The van der Waals surface area contributed by atoms with Gasteiger partial charge >= 0.3 is 11.4 Å². The van der Waals surface area contributed by atoms with Crippen molar-refractivity contribution in [2.75, 3.05) is 26.2 Å². The third-order valence-corrected chi connectivity index (χ3v) is 6.05. The van der Waals surface area contributed by atoms with Crippen LogP contribution in [-0.4, -0.2) is 57.4 Å². The second-order valence-corrected chi connectivity index (χ2v) is 9.96. The quantitative estimate of drug-likeness (QED) is 0.501. The highest BCUT2D eigenvalue weighted by molar-refractivity contribution is 5.95. The maximum absolute atomic E-state index is 12.4. The predicted molar refractivity (Wildman–Crippen MR) is 107 cm³/mol. The number of hydrogen-bond acceptors (Lipinski definition) is 8. The molecule has 2 aliphatic carbocycles. The summed E-state index contributed by atoms with van der Waals surface area (Å²) in [5.41, 5.74) is -0.480. The van der Waals surface area contributed by atoms with Crippen LogP contribution in [-0.2, 0) is 9.59 Å². The fourth-order valence-electron chi connectivity index (χ4n) is 4.74. The van der Waals surface area contributed by atoms with E-state index in [1.807, 2.05) is 37.5 Å². The van der Waals surface area contributed by atoms with Gasteiger partial charge in [0.1, 0.15) is 0 Å². The SMILES string of the molecule is CC1(C)CC(=O)C([N+](=O)[O-])=C(N2CCN(C3=C([N+](=O)[O-])C(=O)CC(C)(C)C3)CC2)C1. The van der Waals surface area contributed by atoms with Crippen molar-refractivity contribution in [2.24, 2.45) is 10.8 Å². The fraction of sp³-hybridized carbons (Fsp3) is 0.700. The van der Waals surface area contributed by atoms with E-state index in [9.17, 15) is 29.8 Å². The second kappa shape index (κ2) is 7.48. The Balaban J connectivity index is 1.86. The highest BCUT2D eigenvalue weighted by Gasteiger charge is 2.44. The van der Waals surface area contributed by atoms with Gasteiger partial charge in [-0.1, -0.05) is 27.7 Å². The van der Waals surface area contributed by atoms with Crippen molar-refractivity contribution >= 4 is 11.6 Å². The van der Waals surface area contributed by atoms with E-state index in [0.29, 0.717) is 50.4 Å². The van der Waals surface area contributed by atoms with Crippen LogP contribution < -0.4 is 0 Å². The Labute approximate surface area is 174 Å². The third kappa shape index (κ3) is 4.22. The smallest absolute Gasteiger partial charge is 0.330 e. The highest BCUT2D eigenvalue weighted by Crippen LogP contribution is 2.41. The van der Waals surface area contributed by atoms with E-state index in [1.54, 1.807) is 0 Å². The van der Waals surface area contributed by atoms with E-state index < -0.39 is 21.4 Å². The highest BCUT2D eigenvalue weighted by atomic mass is 16.6. The zero-order chi connectivity index (χ0) is 22.4. The summed E-state index contributed by atoms with van der Waals surface area (Å²) in [5, 5.41) is 23.1. The molecule has 10 nitrogen and oxygen atoms in total. The Kier molecular flexibility index (Phi) is 5.46. The van der Waals surface area contributed by atoms with Crippen LogP contribution in [0.2, 0.25) is 0 Å². The van der Waals surface area contributed by atoms with E-state index >= 15 is 0 Å². The molecule has 0 radical (unpaired) electrons. The summed E-state index contributed by atoms with van der Waals surface area (Å²) in [5.74, 6) is -0.904. The summed E-state index contributed by atoms with van der Waals surface area (Å²) in [6.45, 7) is 9.28. The van der Waals surface area contributed by atoms with Gasteiger partial charge in [-0.05, 0) is 23.7 Å². The molecule has 0 atom stereocenters. The molecule has 0 N–H and O–H groups in total. The van der Waals surface area contributed by atoms with Crippen LogP contribution in [0.4, 0.5) is 0 Å². The molecular weight excluding hydrogens is 392 g/mol. The minimum atomic E-state index is -0.588. The van der Waals surface area contributed by atoms with Crippen molar-refractivity contribution in [1.82, 2.24) is 9.80 Å². The number of Topliss-reactive ketones (excluding diaryl/α,β-unsaturated/α-hetero) is 2. The lowest BCUT2D eigenvalue weighted by Crippen LogP contribution is -2.49. The zero-order valence-electron chi connectivity index (χ0n) is 17.9. The van der Waals surface area contributed by atoms with Crippen LogP contribution in [0.3, 0.4) is 0 Å². The molecule has 0 bridgehead atoms. The fourth-order valence-corrected chi connectivity index (χ4v) is 4.74. The maximum Gasteiger partial charge on any atom is 0.330 e. The van der Waals surface area contributed by atoms with Crippen LogP contribution in [0, 0.1) is 31.1 Å². The number of carbonyl (C=O) groups is 2. The van der Waals surface area contributed by atoms with Gasteiger partial charge in [-0.15, -0.1) is 0 Å². The molecular formula is C20H28N4O6. The molecule has 0 spiro atoms. The Morgan fingerprint density at radius 2 is 0.967 bits per heavy atom. The van der Waals surface area contributed by atoms with E-state index in [-0.39, 0.29) is 35.1 Å². The van der Waals surface area contributed by atoms with E-state index in [1.165, 1.54) is 0 Å². The van der Waals surface area contributed by atoms with Crippen LogP contribution in [0.15, 0.2) is 22.8 Å². The number of nitro groups is 2. The van der Waals surface area contributed by atoms with Crippen molar-refractivity contribution in [3.05, 3.63) is 43.0 Å². The zero-order valence-corrected chi connectivity index (χ0v) is 17.9. The van der Waals surface area contributed by atoms with Gasteiger partial charge in [0.15, 0.2) is 0 Å². The van der Waals surface area contributed by atoms with Gasteiger partial charge < -0.3 is 9.80 Å². The van der Waals surface area contributed by atoms with Gasteiger partial charge in [0, 0.05) is 39.0 Å². The largest absolute Gasteiger partial charge is 0.366 e. The Hall–Kier alpha value is -2.78. The van der Waals surface area contributed by atoms with E-state index in [4.69, 9.17) is 0 Å². The lowest BCUT2D eigenvalue weighted by molar-refractivity contribution is -0.422. The summed E-state index contributed by atoms with van der Waals surface area (Å²) in [4.78, 5) is 50.4. The maximum atomic E-state index is 12.4. The molecule has 0 saturated carbocycles. The van der Waals surface area contributed by atoms with Crippen molar-refractivity contribution < 1.29 is 19.4 Å². The monoisotopic (exact) mass is 420 g/mol. The van der Waals surface area contributed by atoms with Crippen molar-refractivity contribution in [1.29, 1.82) is 0 Å². The van der Waals surface area contributed by atoms with Gasteiger partial charge in [-0.2, -0.15) is 0 Å². The molecule has 3 rings (SSSR count). The normalized spacial score (nSPS) is 24.4. The predicted octanol–water partition coefficient (Wildman–Crippen LogP) is 2.36. The minimum absolute atomic E-state index is 0.142. The average molecular weight is 420 g/mol. The average Bonchev–Trinajstić information content (AvgIpc) is 2.58. The summed E-state index contributed by atoms with van der Waals surface area (Å²) < 4.78 is 0. The first-order valence-corrected chi connectivity index (χ1v) is 10.1. The molecule has 10 heteroatoms. The Morgan fingerprint density at radius 1 is 0.667 bits per heavy atom. The van der Waals surface area contributed by atoms with Crippen LogP contribution in [0.5, 0.6) is 0 Å². The standard InChI is InChI=1S/C20H28N4O6/c1-19(2)9-13(17(23(27)28)15(25)11-19)21-5-7-22(8-6-21)14-10-20(3,4)12-16(26)18(14)24(29)30/h5-12H2,1-4H3. The van der Waals surface area contributed by atoms with Gasteiger partial charge in [0.25, 0.3) is 0 Å². The first-order valence-electron chi connectivity index (χ1n) is 10.1. The Morgan fingerprint density at radius 3 is 1.23 bits per heavy atom. The summed E-state index contributed by atoms with van der Waals surface area (Å²) >= 11 is 0. The number of allylic oxidation sites excluding steroid dienone is 4. The molecule has 0 unspecified atom stereocenters. The van der Waals surface area contributed by atoms with Crippen molar-refractivity contribution in [2.45, 2.75) is 53.4 Å². The number of ketones is 2. The molecule has 30 heavy (non-hydrogen) atoms. The molecule has 3 aliphatic rings. The number of nitrogens with zero attached hydrogens (tertiary/aromatic N) is 4. The van der Waals surface area contributed by atoms with Crippen LogP contribution >= 0.6 is 0 Å². The van der Waals surface area contributed by atoms with Gasteiger partial charge in [-0.25, -0.2) is 0 Å². The first-order chi connectivity index (χ1) is 13.8. The third-order valence-electron chi connectivity index (χ3n) is 6.05. The van der Waals surface area contributed by atoms with Gasteiger partial charge in [-0.3, -0.25) is 29.8 Å². The molecule has 0 amide bonds. The molecule has 0 aromatic carbocycles. The van der Waals surface area contributed by atoms with Gasteiger partial charge in [0.05, 0.1) is 21.2 Å². The summed E-state index contributed by atoms with van der Waals surface area (Å²) in [6, 6.07) is 0. The van der Waals surface area contributed by atoms with Crippen molar-refractivity contribution in [3.8, 4) is 0 Å². The van der Waals surface area contributed by atoms with E-state index in [2.05, 4.69) is 0 Å². The minimum Gasteiger partial charge on any atom is -0.366 e. The molecule has 1 heterocycles.